The lowest BCUT2D eigenvalue weighted by Crippen LogP contribution is -2.11. The first-order valence-electron chi connectivity index (χ1n) is 9.95. The molecule has 3 rings (SSSR count). The molecule has 3 aromatic carbocycles. The van der Waals surface area contributed by atoms with Crippen molar-refractivity contribution in [3.8, 4) is 29.1 Å². The van der Waals surface area contributed by atoms with Crippen LogP contribution in [0.3, 0.4) is 0 Å². The molecule has 9 heteroatoms. The van der Waals surface area contributed by atoms with Crippen LogP contribution in [0, 0.1) is 21.8 Å². The largest absolute Gasteiger partial charge is 0.493 e. The molecule has 176 valence electrons. The monoisotopic (exact) mass is 591 g/mol. The summed E-state index contributed by atoms with van der Waals surface area (Å²) >= 11 is 1.98. The molecule has 7 nitrogen and oxygen atoms in total. The zero-order chi connectivity index (χ0) is 24.9. The average molecular weight is 591 g/mol. The van der Waals surface area contributed by atoms with Crippen LogP contribution in [0.5, 0.6) is 23.0 Å². The highest BCUT2D eigenvalue weighted by Crippen LogP contribution is 2.37. The second kappa shape index (κ2) is 10.8. The van der Waals surface area contributed by atoms with Crippen molar-refractivity contribution < 1.29 is 26.8 Å². The fourth-order valence-corrected chi connectivity index (χ4v) is 4.96. The summed E-state index contributed by atoms with van der Waals surface area (Å²) in [6.45, 7) is 1.87. The zero-order valence-electron chi connectivity index (χ0n) is 19.0. The van der Waals surface area contributed by atoms with Crippen molar-refractivity contribution in [2.75, 3.05) is 21.3 Å². The van der Waals surface area contributed by atoms with Gasteiger partial charge in [-0.1, -0.05) is 17.7 Å². The number of nitriles is 1. The molecule has 0 fully saturated rings. The van der Waals surface area contributed by atoms with E-state index in [1.807, 2.05) is 29.5 Å². The van der Waals surface area contributed by atoms with Gasteiger partial charge in [0.1, 0.15) is 4.90 Å². The lowest BCUT2D eigenvalue weighted by atomic mass is 10.0. The van der Waals surface area contributed by atoms with Crippen LogP contribution in [-0.2, 0) is 10.1 Å². The predicted molar refractivity (Wildman–Crippen MR) is 138 cm³/mol. The van der Waals surface area contributed by atoms with Crippen molar-refractivity contribution in [3.63, 3.8) is 0 Å². The van der Waals surface area contributed by atoms with E-state index in [0.717, 1.165) is 5.56 Å². The third-order valence-electron chi connectivity index (χ3n) is 4.88. The second-order valence-corrected chi connectivity index (χ2v) is 9.83. The van der Waals surface area contributed by atoms with Crippen LogP contribution in [0.15, 0.2) is 59.5 Å². The van der Waals surface area contributed by atoms with Crippen molar-refractivity contribution in [1.29, 1.82) is 5.26 Å². The molecule has 0 amide bonds. The summed E-state index contributed by atoms with van der Waals surface area (Å²) in [6.07, 6.45) is 1.67. The van der Waals surface area contributed by atoms with Crippen LogP contribution in [0.1, 0.15) is 16.7 Å². The van der Waals surface area contributed by atoms with Gasteiger partial charge in [0, 0.05) is 0 Å². The molecule has 0 heterocycles. The van der Waals surface area contributed by atoms with Crippen molar-refractivity contribution in [2.45, 2.75) is 11.8 Å². The minimum atomic E-state index is -4.06. The standard InChI is InChI=1S/C25H22INO6S/c1-16-5-8-20(9-6-16)34(28,29)33-25-21(26)12-17(13-24(25)32-4)11-19(15-27)18-7-10-22(30-2)23(14-18)31-3/h5-14H,1-4H3/b19-11+. The Morgan fingerprint density at radius 2 is 1.56 bits per heavy atom. The summed E-state index contributed by atoms with van der Waals surface area (Å²) < 4.78 is 47.5. The molecule has 34 heavy (non-hydrogen) atoms. The average Bonchev–Trinajstić information content (AvgIpc) is 2.83. The van der Waals surface area contributed by atoms with E-state index >= 15 is 0 Å². The van der Waals surface area contributed by atoms with Gasteiger partial charge in [-0.15, -0.1) is 0 Å². The van der Waals surface area contributed by atoms with Gasteiger partial charge in [-0.05, 0) is 89.2 Å². The molecule has 0 atom stereocenters. The molecule has 0 bridgehead atoms. The van der Waals surface area contributed by atoms with Crippen LogP contribution in [-0.4, -0.2) is 29.7 Å². The van der Waals surface area contributed by atoms with Gasteiger partial charge < -0.3 is 18.4 Å². The van der Waals surface area contributed by atoms with Crippen LogP contribution in [0.4, 0.5) is 0 Å². The van der Waals surface area contributed by atoms with E-state index in [-0.39, 0.29) is 16.4 Å². The highest BCUT2D eigenvalue weighted by Gasteiger charge is 2.22. The van der Waals surface area contributed by atoms with E-state index in [1.54, 1.807) is 48.5 Å². The molecule has 0 aromatic heterocycles. The molecule has 0 radical (unpaired) electrons. The van der Waals surface area contributed by atoms with E-state index in [4.69, 9.17) is 18.4 Å². The van der Waals surface area contributed by atoms with Gasteiger partial charge in [0.2, 0.25) is 0 Å². The van der Waals surface area contributed by atoms with Crippen molar-refractivity contribution in [1.82, 2.24) is 0 Å². The smallest absolute Gasteiger partial charge is 0.339 e. The van der Waals surface area contributed by atoms with E-state index in [0.29, 0.717) is 31.8 Å². The first-order valence-corrected chi connectivity index (χ1v) is 12.4. The molecule has 0 saturated carbocycles. The van der Waals surface area contributed by atoms with Gasteiger partial charge in [0.15, 0.2) is 23.0 Å². The molecule has 0 unspecified atom stereocenters. The van der Waals surface area contributed by atoms with Crippen LogP contribution >= 0.6 is 22.6 Å². The minimum absolute atomic E-state index is 0.0418. The van der Waals surface area contributed by atoms with Gasteiger partial charge in [-0.25, -0.2) is 0 Å². The van der Waals surface area contributed by atoms with Crippen LogP contribution in [0.2, 0.25) is 0 Å². The maximum absolute atomic E-state index is 12.8. The summed E-state index contributed by atoms with van der Waals surface area (Å²) in [5.41, 5.74) is 2.58. The first kappa shape index (κ1) is 25.4. The Labute approximate surface area is 212 Å². The molecule has 3 aromatic rings. The van der Waals surface area contributed by atoms with Gasteiger partial charge in [-0.3, -0.25) is 0 Å². The molecular weight excluding hydrogens is 569 g/mol. The first-order chi connectivity index (χ1) is 16.2. The van der Waals surface area contributed by atoms with Crippen molar-refractivity contribution in [3.05, 3.63) is 74.9 Å². The van der Waals surface area contributed by atoms with Gasteiger partial charge in [0.25, 0.3) is 0 Å². The van der Waals surface area contributed by atoms with E-state index in [9.17, 15) is 13.7 Å². The topological polar surface area (TPSA) is 94.9 Å². The Morgan fingerprint density at radius 1 is 0.912 bits per heavy atom. The van der Waals surface area contributed by atoms with E-state index < -0.39 is 10.1 Å². The van der Waals surface area contributed by atoms with Crippen molar-refractivity contribution in [2.24, 2.45) is 0 Å². The van der Waals surface area contributed by atoms with Gasteiger partial charge in [0.05, 0.1) is 36.5 Å². The number of rotatable bonds is 8. The Morgan fingerprint density at radius 3 is 2.15 bits per heavy atom. The fraction of sp³-hybridized carbons (Fsp3) is 0.160. The Balaban J connectivity index is 2.00. The normalized spacial score (nSPS) is 11.5. The van der Waals surface area contributed by atoms with Crippen LogP contribution < -0.4 is 18.4 Å². The summed E-state index contributed by atoms with van der Waals surface area (Å²) in [5.74, 6) is 1.35. The van der Waals surface area contributed by atoms with Crippen molar-refractivity contribution >= 4 is 44.4 Å². The third-order valence-corrected chi connectivity index (χ3v) is 6.92. The quantitative estimate of drug-likeness (QED) is 0.149. The number of aryl methyl sites for hydroxylation is 1. The highest BCUT2D eigenvalue weighted by molar-refractivity contribution is 14.1. The Bertz CT molecular complexity index is 1380. The lowest BCUT2D eigenvalue weighted by Gasteiger charge is -2.14. The molecule has 0 aliphatic carbocycles. The third kappa shape index (κ3) is 5.63. The maximum Gasteiger partial charge on any atom is 0.339 e. The number of ether oxygens (including phenoxy) is 3. The second-order valence-electron chi connectivity index (χ2n) is 7.12. The molecule has 0 spiro atoms. The van der Waals surface area contributed by atoms with Gasteiger partial charge in [-0.2, -0.15) is 13.7 Å². The number of halogens is 1. The summed E-state index contributed by atoms with van der Waals surface area (Å²) in [7, 11) is 0.418. The summed E-state index contributed by atoms with van der Waals surface area (Å²) in [4.78, 5) is 0.0418. The lowest BCUT2D eigenvalue weighted by molar-refractivity contribution is 0.355. The Hall–Kier alpha value is -3.23. The number of allylic oxidation sites excluding steroid dienone is 1. The molecule has 0 aliphatic rings. The summed E-state index contributed by atoms with van der Waals surface area (Å²) in [5, 5.41) is 9.75. The number of hydrogen-bond acceptors (Lipinski definition) is 7. The molecular formula is C25H22INO6S. The molecule has 0 saturated heterocycles. The van der Waals surface area contributed by atoms with E-state index in [2.05, 4.69) is 6.07 Å². The SMILES string of the molecule is COc1ccc(/C(C#N)=C/c2cc(I)c(OS(=O)(=O)c3ccc(C)cc3)c(OC)c2)cc1OC. The predicted octanol–water partition coefficient (Wildman–Crippen LogP) is 5.46. The minimum Gasteiger partial charge on any atom is -0.493 e. The molecule has 0 aliphatic heterocycles. The number of benzene rings is 3. The van der Waals surface area contributed by atoms with Gasteiger partial charge >= 0.3 is 10.1 Å². The maximum atomic E-state index is 12.8. The highest BCUT2D eigenvalue weighted by atomic mass is 127. The number of methoxy groups -OCH3 is 3. The number of nitrogens with zero attached hydrogens (tertiary/aromatic N) is 1. The van der Waals surface area contributed by atoms with E-state index in [1.165, 1.54) is 33.5 Å². The molecule has 0 N–H and O–H groups in total. The van der Waals surface area contributed by atoms with Crippen LogP contribution in [0.25, 0.3) is 11.6 Å². The fourth-order valence-electron chi connectivity index (χ4n) is 3.12. The Kier molecular flexibility index (Phi) is 8.06. The number of hydrogen-bond donors (Lipinski definition) is 0. The summed E-state index contributed by atoms with van der Waals surface area (Å²) in [6, 6.07) is 17.1. The zero-order valence-corrected chi connectivity index (χ0v) is 21.9.